The van der Waals surface area contributed by atoms with E-state index in [2.05, 4.69) is 22.6 Å². The number of rotatable bonds is 11. The zero-order chi connectivity index (χ0) is 18.0. The molecule has 23 heavy (non-hydrogen) atoms. The molecule has 0 aromatic rings. The Balaban J connectivity index is 4.18. The lowest BCUT2D eigenvalue weighted by molar-refractivity contribution is -0.158. The summed E-state index contributed by atoms with van der Waals surface area (Å²) in [4.78, 5) is 45.1. The van der Waals surface area contributed by atoms with E-state index in [4.69, 9.17) is 0 Å². The molecule has 0 aromatic heterocycles. The van der Waals surface area contributed by atoms with E-state index < -0.39 is 54.8 Å². The Bertz CT molecular complexity index is 482. The summed E-state index contributed by atoms with van der Waals surface area (Å²) >= 11 is 0. The second-order valence-electron chi connectivity index (χ2n) is 4.66. The molecule has 8 nitrogen and oxygen atoms in total. The number of carbonyl (C=O) groups excluding carboxylic acids is 4. The molecule has 0 fully saturated rings. The van der Waals surface area contributed by atoms with Gasteiger partial charge in [0.15, 0.2) is 23.8 Å². The van der Waals surface area contributed by atoms with E-state index in [0.29, 0.717) is 0 Å². The third-order valence-corrected chi connectivity index (χ3v) is 2.72. The van der Waals surface area contributed by atoms with Gasteiger partial charge in [-0.3, -0.25) is 19.2 Å². The highest BCUT2D eigenvalue weighted by atomic mass is 16.5. The molecule has 0 saturated carbocycles. The van der Waals surface area contributed by atoms with Gasteiger partial charge in [-0.05, 0) is 12.2 Å². The summed E-state index contributed by atoms with van der Waals surface area (Å²) in [6.07, 6.45) is -1.56. The van der Waals surface area contributed by atoms with E-state index in [9.17, 15) is 29.4 Å². The Morgan fingerprint density at radius 3 is 1.83 bits per heavy atom. The average molecular weight is 328 g/mol. The van der Waals surface area contributed by atoms with Gasteiger partial charge in [-0.1, -0.05) is 20.1 Å². The van der Waals surface area contributed by atoms with E-state index in [1.54, 1.807) is 0 Å². The molecule has 0 aliphatic heterocycles. The Hall–Kier alpha value is -2.32. The van der Waals surface area contributed by atoms with Crippen LogP contribution in [0.5, 0.6) is 0 Å². The van der Waals surface area contributed by atoms with Crippen LogP contribution in [0.3, 0.4) is 0 Å². The minimum absolute atomic E-state index is 0.348. The number of hydrogen-bond acceptors (Lipinski definition) is 8. The van der Waals surface area contributed by atoms with Crippen LogP contribution in [-0.4, -0.2) is 59.1 Å². The topological polar surface area (TPSA) is 127 Å². The summed E-state index contributed by atoms with van der Waals surface area (Å²) < 4.78 is 9.34. The third kappa shape index (κ3) is 8.03. The Labute approximate surface area is 133 Å². The second kappa shape index (κ2) is 10.4. The van der Waals surface area contributed by atoms with Crippen molar-refractivity contribution in [2.24, 2.45) is 5.92 Å². The van der Waals surface area contributed by atoms with Gasteiger partial charge in [-0.15, -0.1) is 0 Å². The van der Waals surface area contributed by atoms with Crippen LogP contribution < -0.4 is 0 Å². The smallest absolute Gasteiger partial charge is 0.309 e. The average Bonchev–Trinajstić information content (AvgIpc) is 2.55. The molecule has 3 atom stereocenters. The molecular weight excluding hydrogens is 308 g/mol. The zero-order valence-electron chi connectivity index (χ0n) is 12.8. The number of esters is 2. The molecule has 2 N–H and O–H groups in total. The predicted molar refractivity (Wildman–Crippen MR) is 78.1 cm³/mol. The number of ketones is 2. The van der Waals surface area contributed by atoms with Crippen LogP contribution in [0.2, 0.25) is 0 Å². The first-order chi connectivity index (χ1) is 10.7. The molecule has 0 saturated heterocycles. The third-order valence-electron chi connectivity index (χ3n) is 2.72. The fourth-order valence-electron chi connectivity index (χ4n) is 1.30. The second-order valence-corrected chi connectivity index (χ2v) is 4.66. The summed E-state index contributed by atoms with van der Waals surface area (Å²) in [5, 5.41) is 18.6. The van der Waals surface area contributed by atoms with E-state index in [1.807, 2.05) is 0 Å². The Kier molecular flexibility index (Phi) is 9.36. The SMILES string of the molecule is C=CC(=O)C(O)COC(=O)CC(C)C(=O)OCC(O)C(=O)C=C. The van der Waals surface area contributed by atoms with Gasteiger partial charge in [0.05, 0.1) is 12.3 Å². The van der Waals surface area contributed by atoms with Crippen molar-refractivity contribution < 1.29 is 38.9 Å². The van der Waals surface area contributed by atoms with Crippen LogP contribution in [0.25, 0.3) is 0 Å². The zero-order valence-corrected chi connectivity index (χ0v) is 12.8. The van der Waals surface area contributed by atoms with Crippen molar-refractivity contribution in [3.8, 4) is 0 Å². The maximum absolute atomic E-state index is 11.6. The molecule has 3 unspecified atom stereocenters. The van der Waals surface area contributed by atoms with Crippen molar-refractivity contribution in [2.45, 2.75) is 25.6 Å². The van der Waals surface area contributed by atoms with E-state index >= 15 is 0 Å². The van der Waals surface area contributed by atoms with Crippen LogP contribution in [0.4, 0.5) is 0 Å². The van der Waals surface area contributed by atoms with Gasteiger partial charge in [-0.25, -0.2) is 0 Å². The highest BCUT2D eigenvalue weighted by Crippen LogP contribution is 2.07. The van der Waals surface area contributed by atoms with Crippen molar-refractivity contribution >= 4 is 23.5 Å². The van der Waals surface area contributed by atoms with Gasteiger partial charge >= 0.3 is 11.9 Å². The van der Waals surface area contributed by atoms with Crippen molar-refractivity contribution in [1.29, 1.82) is 0 Å². The van der Waals surface area contributed by atoms with Crippen LogP contribution >= 0.6 is 0 Å². The number of hydrogen-bond donors (Lipinski definition) is 2. The number of ether oxygens (including phenoxy) is 2. The van der Waals surface area contributed by atoms with Gasteiger partial charge in [0.25, 0.3) is 0 Å². The van der Waals surface area contributed by atoms with Crippen molar-refractivity contribution in [1.82, 2.24) is 0 Å². The minimum atomic E-state index is -1.50. The quantitative estimate of drug-likeness (QED) is 0.378. The molecule has 0 rings (SSSR count). The Morgan fingerprint density at radius 2 is 1.39 bits per heavy atom. The first-order valence-corrected chi connectivity index (χ1v) is 6.73. The molecule has 0 aromatic carbocycles. The van der Waals surface area contributed by atoms with Gasteiger partial charge in [0.2, 0.25) is 0 Å². The number of carbonyl (C=O) groups is 4. The molecule has 0 aliphatic carbocycles. The monoisotopic (exact) mass is 328 g/mol. The van der Waals surface area contributed by atoms with Crippen LogP contribution in [0.15, 0.2) is 25.3 Å². The maximum atomic E-state index is 11.6. The number of aliphatic hydroxyl groups excluding tert-OH is 2. The predicted octanol–water partition coefficient (Wildman–Crippen LogP) is -0.669. The molecule has 0 heterocycles. The van der Waals surface area contributed by atoms with Crippen LogP contribution in [-0.2, 0) is 28.7 Å². The summed E-state index contributed by atoms with van der Waals surface area (Å²) in [7, 11) is 0. The van der Waals surface area contributed by atoms with Gasteiger partial charge < -0.3 is 19.7 Å². The molecule has 0 spiro atoms. The van der Waals surface area contributed by atoms with Crippen LogP contribution in [0.1, 0.15) is 13.3 Å². The summed E-state index contributed by atoms with van der Waals surface area (Å²) in [5.41, 5.74) is 0. The Morgan fingerprint density at radius 1 is 0.957 bits per heavy atom. The lowest BCUT2D eigenvalue weighted by Gasteiger charge is -2.13. The molecule has 0 aliphatic rings. The molecule has 0 radical (unpaired) electrons. The largest absolute Gasteiger partial charge is 0.462 e. The molecular formula is C15H20O8. The molecule has 128 valence electrons. The first-order valence-electron chi connectivity index (χ1n) is 6.73. The summed E-state index contributed by atoms with van der Waals surface area (Å²) in [5.74, 6) is -3.88. The van der Waals surface area contributed by atoms with E-state index in [0.717, 1.165) is 12.2 Å². The van der Waals surface area contributed by atoms with Gasteiger partial charge in [-0.2, -0.15) is 0 Å². The first kappa shape index (κ1) is 20.7. The summed E-state index contributed by atoms with van der Waals surface area (Å²) in [6, 6.07) is 0. The molecule has 0 amide bonds. The van der Waals surface area contributed by atoms with Crippen molar-refractivity contribution in [3.05, 3.63) is 25.3 Å². The normalized spacial score (nSPS) is 14.0. The molecule has 0 bridgehead atoms. The van der Waals surface area contributed by atoms with Crippen LogP contribution in [0, 0.1) is 5.92 Å². The maximum Gasteiger partial charge on any atom is 0.309 e. The van der Waals surface area contributed by atoms with Crippen molar-refractivity contribution in [3.63, 3.8) is 0 Å². The lowest BCUT2D eigenvalue weighted by atomic mass is 10.1. The fraction of sp³-hybridized carbons (Fsp3) is 0.467. The van der Waals surface area contributed by atoms with Gasteiger partial charge in [0, 0.05) is 0 Å². The summed E-state index contributed by atoms with van der Waals surface area (Å²) in [6.45, 7) is 6.64. The lowest BCUT2D eigenvalue weighted by Crippen LogP contribution is -2.29. The van der Waals surface area contributed by atoms with Gasteiger partial charge in [0.1, 0.15) is 13.2 Å². The van der Waals surface area contributed by atoms with E-state index in [-0.39, 0.29) is 6.42 Å². The molecule has 8 heteroatoms. The van der Waals surface area contributed by atoms with Crippen molar-refractivity contribution in [2.75, 3.05) is 13.2 Å². The van der Waals surface area contributed by atoms with E-state index in [1.165, 1.54) is 6.92 Å². The highest BCUT2D eigenvalue weighted by Gasteiger charge is 2.22. The number of aliphatic hydroxyl groups is 2. The minimum Gasteiger partial charge on any atom is -0.462 e. The highest BCUT2D eigenvalue weighted by molar-refractivity contribution is 5.93. The fourth-order valence-corrected chi connectivity index (χ4v) is 1.30. The standard InChI is InChI=1S/C15H20O8/c1-4-10(16)12(18)7-22-14(20)6-9(3)15(21)23-8-13(19)11(17)5-2/h4-5,9,12-13,18-19H,1-2,6-8H2,3H3.